The summed E-state index contributed by atoms with van der Waals surface area (Å²) in [6, 6.07) is 13.7. The minimum atomic E-state index is 0.251. The molecule has 0 aliphatic carbocycles. The summed E-state index contributed by atoms with van der Waals surface area (Å²) in [6.07, 6.45) is 14.7. The van der Waals surface area contributed by atoms with E-state index in [1.807, 2.05) is 30.3 Å². The average molecular weight is 383 g/mol. The van der Waals surface area contributed by atoms with E-state index in [-0.39, 0.29) is 5.75 Å². The third-order valence-electron chi connectivity index (χ3n) is 5.38. The molecule has 0 bridgehead atoms. The lowest BCUT2D eigenvalue weighted by molar-refractivity contribution is 0.405. The van der Waals surface area contributed by atoms with Gasteiger partial charge in [-0.25, -0.2) is 0 Å². The molecule has 1 N–H and O–H groups in total. The second-order valence-electron chi connectivity index (χ2n) is 7.80. The van der Waals surface area contributed by atoms with Gasteiger partial charge in [0.15, 0.2) is 11.5 Å². The molecule has 0 saturated heterocycles. The SMILES string of the molecule is CCCCCCCCCc1c(CCCCC)ccc(O)c1Oc1ccccc1. The lowest BCUT2D eigenvalue weighted by Gasteiger charge is -2.17. The minimum Gasteiger partial charge on any atom is -0.504 e. The van der Waals surface area contributed by atoms with Gasteiger partial charge in [0.1, 0.15) is 5.75 Å². The highest BCUT2D eigenvalue weighted by atomic mass is 16.5. The van der Waals surface area contributed by atoms with Gasteiger partial charge in [-0.2, -0.15) is 0 Å². The van der Waals surface area contributed by atoms with Crippen LogP contribution in [-0.4, -0.2) is 5.11 Å². The van der Waals surface area contributed by atoms with Crippen molar-refractivity contribution in [1.82, 2.24) is 0 Å². The van der Waals surface area contributed by atoms with Crippen LogP contribution < -0.4 is 4.74 Å². The van der Waals surface area contributed by atoms with Crippen molar-refractivity contribution < 1.29 is 9.84 Å². The number of aromatic hydroxyl groups is 1. The Kier molecular flexibility index (Phi) is 10.6. The fourth-order valence-corrected chi connectivity index (χ4v) is 3.71. The second kappa shape index (κ2) is 13.3. The maximum atomic E-state index is 10.5. The predicted octanol–water partition coefficient (Wildman–Crippen LogP) is 8.21. The third kappa shape index (κ3) is 7.58. The third-order valence-corrected chi connectivity index (χ3v) is 5.38. The summed E-state index contributed by atoms with van der Waals surface area (Å²) in [7, 11) is 0. The molecule has 0 spiro atoms. The van der Waals surface area contributed by atoms with Gasteiger partial charge in [-0.05, 0) is 49.4 Å². The molecule has 2 aromatic rings. The summed E-state index contributed by atoms with van der Waals surface area (Å²) in [5, 5.41) is 10.5. The van der Waals surface area contributed by atoms with Crippen LogP contribution >= 0.6 is 0 Å². The van der Waals surface area contributed by atoms with Gasteiger partial charge >= 0.3 is 0 Å². The van der Waals surface area contributed by atoms with E-state index in [0.717, 1.165) is 25.0 Å². The van der Waals surface area contributed by atoms with Crippen LogP contribution in [0.25, 0.3) is 0 Å². The summed E-state index contributed by atoms with van der Waals surface area (Å²) in [5.74, 6) is 1.69. The molecule has 0 saturated carbocycles. The van der Waals surface area contributed by atoms with Crippen molar-refractivity contribution >= 4 is 0 Å². The molecule has 0 aromatic heterocycles. The molecule has 0 atom stereocenters. The van der Waals surface area contributed by atoms with E-state index >= 15 is 0 Å². The van der Waals surface area contributed by atoms with Gasteiger partial charge in [0.05, 0.1) is 0 Å². The molecule has 2 heteroatoms. The molecule has 2 nitrogen and oxygen atoms in total. The number of unbranched alkanes of at least 4 members (excludes halogenated alkanes) is 8. The summed E-state index contributed by atoms with van der Waals surface area (Å²) in [4.78, 5) is 0. The molecule has 28 heavy (non-hydrogen) atoms. The zero-order valence-electron chi connectivity index (χ0n) is 17.9. The van der Waals surface area contributed by atoms with Crippen LogP contribution in [0.1, 0.15) is 89.2 Å². The Bertz CT molecular complexity index is 664. The van der Waals surface area contributed by atoms with Gasteiger partial charge in [0, 0.05) is 5.56 Å². The van der Waals surface area contributed by atoms with E-state index in [4.69, 9.17) is 4.74 Å². The first-order valence-corrected chi connectivity index (χ1v) is 11.3. The molecule has 0 fully saturated rings. The fraction of sp³-hybridized carbons (Fsp3) is 0.538. The Morgan fingerprint density at radius 1 is 0.679 bits per heavy atom. The normalized spacial score (nSPS) is 10.9. The quantitative estimate of drug-likeness (QED) is 0.333. The van der Waals surface area contributed by atoms with Crippen LogP contribution in [0, 0.1) is 0 Å². The van der Waals surface area contributed by atoms with Crippen molar-refractivity contribution in [1.29, 1.82) is 0 Å². The lowest BCUT2D eigenvalue weighted by Crippen LogP contribution is -2.00. The molecule has 0 aliphatic heterocycles. The van der Waals surface area contributed by atoms with Crippen molar-refractivity contribution in [3.63, 3.8) is 0 Å². The van der Waals surface area contributed by atoms with Crippen molar-refractivity contribution in [2.24, 2.45) is 0 Å². The Balaban J connectivity index is 2.08. The van der Waals surface area contributed by atoms with Crippen LogP contribution in [0.4, 0.5) is 0 Å². The molecule has 0 radical (unpaired) electrons. The smallest absolute Gasteiger partial charge is 0.172 e. The number of rotatable bonds is 14. The van der Waals surface area contributed by atoms with E-state index < -0.39 is 0 Å². The van der Waals surface area contributed by atoms with Crippen LogP contribution in [-0.2, 0) is 12.8 Å². The molecular weight excluding hydrogens is 344 g/mol. The van der Waals surface area contributed by atoms with E-state index in [9.17, 15) is 5.11 Å². The molecule has 0 amide bonds. The molecule has 0 unspecified atom stereocenters. The first-order valence-electron chi connectivity index (χ1n) is 11.3. The topological polar surface area (TPSA) is 29.5 Å². The van der Waals surface area contributed by atoms with Crippen LogP contribution in [0.3, 0.4) is 0 Å². The highest BCUT2D eigenvalue weighted by molar-refractivity contribution is 5.52. The number of benzene rings is 2. The first kappa shape index (κ1) is 22.3. The Labute approximate surface area is 172 Å². The Morgan fingerprint density at radius 3 is 2.00 bits per heavy atom. The monoisotopic (exact) mass is 382 g/mol. The minimum absolute atomic E-state index is 0.251. The molecule has 2 aromatic carbocycles. The number of phenolic OH excluding ortho intramolecular Hbond substituents is 1. The first-order chi connectivity index (χ1) is 13.8. The lowest BCUT2D eigenvalue weighted by atomic mass is 9.95. The summed E-state index contributed by atoms with van der Waals surface area (Å²) >= 11 is 0. The van der Waals surface area contributed by atoms with Crippen LogP contribution in [0.5, 0.6) is 17.2 Å². The van der Waals surface area contributed by atoms with Gasteiger partial charge < -0.3 is 9.84 Å². The molecule has 0 aliphatic rings. The van der Waals surface area contributed by atoms with Crippen LogP contribution in [0.15, 0.2) is 42.5 Å². The van der Waals surface area contributed by atoms with Crippen molar-refractivity contribution in [3.05, 3.63) is 53.6 Å². The zero-order valence-corrected chi connectivity index (χ0v) is 17.9. The maximum absolute atomic E-state index is 10.5. The van der Waals surface area contributed by atoms with E-state index in [2.05, 4.69) is 19.9 Å². The zero-order chi connectivity index (χ0) is 20.0. The Hall–Kier alpha value is -1.96. The number of para-hydroxylation sites is 1. The molecule has 0 heterocycles. The predicted molar refractivity (Wildman–Crippen MR) is 120 cm³/mol. The summed E-state index contributed by atoms with van der Waals surface area (Å²) in [5.41, 5.74) is 2.54. The highest BCUT2D eigenvalue weighted by Crippen LogP contribution is 2.38. The molecule has 2 rings (SSSR count). The van der Waals surface area contributed by atoms with Gasteiger partial charge in [-0.3, -0.25) is 0 Å². The number of phenols is 1. The number of ether oxygens (including phenoxy) is 1. The second-order valence-corrected chi connectivity index (χ2v) is 7.80. The van der Waals surface area contributed by atoms with Gasteiger partial charge in [-0.15, -0.1) is 0 Å². The Morgan fingerprint density at radius 2 is 1.29 bits per heavy atom. The maximum Gasteiger partial charge on any atom is 0.172 e. The molecule has 154 valence electrons. The fourth-order valence-electron chi connectivity index (χ4n) is 3.71. The van der Waals surface area contributed by atoms with Crippen LogP contribution in [0.2, 0.25) is 0 Å². The van der Waals surface area contributed by atoms with Crippen molar-refractivity contribution in [3.8, 4) is 17.2 Å². The van der Waals surface area contributed by atoms with E-state index in [0.29, 0.717) is 5.75 Å². The summed E-state index contributed by atoms with van der Waals surface area (Å²) in [6.45, 7) is 4.50. The van der Waals surface area contributed by atoms with E-state index in [1.165, 1.54) is 68.9 Å². The van der Waals surface area contributed by atoms with Gasteiger partial charge in [-0.1, -0.05) is 89.5 Å². The highest BCUT2D eigenvalue weighted by Gasteiger charge is 2.15. The molecular formula is C26H38O2. The number of aryl methyl sites for hydroxylation is 1. The standard InChI is InChI=1S/C26H38O2/c1-3-5-7-8-9-10-15-19-24-22(16-12-6-4-2)20-21-25(27)26(24)28-23-17-13-11-14-18-23/h11,13-14,17-18,20-21,27H,3-10,12,15-16,19H2,1-2H3. The van der Waals surface area contributed by atoms with Crippen molar-refractivity contribution in [2.45, 2.75) is 90.9 Å². The van der Waals surface area contributed by atoms with Gasteiger partial charge in [0.2, 0.25) is 0 Å². The number of hydrogen-bond acceptors (Lipinski definition) is 2. The van der Waals surface area contributed by atoms with Crippen molar-refractivity contribution in [2.75, 3.05) is 0 Å². The average Bonchev–Trinajstić information content (AvgIpc) is 2.72. The summed E-state index contributed by atoms with van der Waals surface area (Å²) < 4.78 is 6.15. The van der Waals surface area contributed by atoms with Gasteiger partial charge in [0.25, 0.3) is 0 Å². The largest absolute Gasteiger partial charge is 0.504 e. The van der Waals surface area contributed by atoms with E-state index in [1.54, 1.807) is 6.07 Å². The number of hydrogen-bond donors (Lipinski definition) is 1.